The number of carbonyl (C=O) groups is 2. The highest BCUT2D eigenvalue weighted by Gasteiger charge is 2.14. The van der Waals surface area contributed by atoms with Crippen LogP contribution in [0.5, 0.6) is 0 Å². The lowest BCUT2D eigenvalue weighted by molar-refractivity contribution is -0.146. The lowest BCUT2D eigenvalue weighted by Crippen LogP contribution is -2.18. The molecule has 0 aliphatic rings. The van der Waals surface area contributed by atoms with Crippen molar-refractivity contribution in [3.05, 3.63) is 0 Å². The van der Waals surface area contributed by atoms with Crippen molar-refractivity contribution in [2.24, 2.45) is 11.3 Å². The second-order valence-electron chi connectivity index (χ2n) is 5.70. The van der Waals surface area contributed by atoms with E-state index in [2.05, 4.69) is 0 Å². The topological polar surface area (TPSA) is 43.4 Å². The zero-order valence-electron chi connectivity index (χ0n) is 11.1. The van der Waals surface area contributed by atoms with E-state index in [1.165, 1.54) is 0 Å². The number of hydrogen-bond donors (Lipinski definition) is 0. The van der Waals surface area contributed by atoms with Crippen molar-refractivity contribution < 1.29 is 14.3 Å². The van der Waals surface area contributed by atoms with Crippen molar-refractivity contribution >= 4 is 11.8 Å². The molecule has 0 unspecified atom stereocenters. The zero-order valence-corrected chi connectivity index (χ0v) is 11.1. The van der Waals surface area contributed by atoms with Crippen LogP contribution in [0.15, 0.2) is 0 Å². The molecule has 0 saturated heterocycles. The number of hydrogen-bond acceptors (Lipinski definition) is 3. The number of ketones is 1. The molecule has 16 heavy (non-hydrogen) atoms. The summed E-state index contributed by atoms with van der Waals surface area (Å²) in [5.74, 6) is 0.0701. The fourth-order valence-corrected chi connectivity index (χ4v) is 1.06. The Hall–Kier alpha value is -0.860. The number of ether oxygens (including phenoxy) is 1. The SMILES string of the molecule is CC(C)C(=O)CCCC(=O)OCC(C)(C)C. The van der Waals surface area contributed by atoms with Crippen LogP contribution in [0.4, 0.5) is 0 Å². The molecule has 0 aromatic heterocycles. The molecule has 3 heteroatoms. The Balaban J connectivity index is 3.63. The number of carbonyl (C=O) groups excluding carboxylic acids is 2. The maximum atomic E-state index is 11.3. The lowest BCUT2D eigenvalue weighted by Gasteiger charge is -2.17. The summed E-state index contributed by atoms with van der Waals surface area (Å²) in [7, 11) is 0. The minimum atomic E-state index is -0.202. The molecule has 0 aliphatic heterocycles. The van der Waals surface area contributed by atoms with Gasteiger partial charge in [-0.1, -0.05) is 34.6 Å². The van der Waals surface area contributed by atoms with E-state index in [1.54, 1.807) is 0 Å². The van der Waals surface area contributed by atoms with Crippen LogP contribution in [-0.4, -0.2) is 18.4 Å². The number of esters is 1. The van der Waals surface area contributed by atoms with Gasteiger partial charge in [-0.05, 0) is 11.8 Å². The molecule has 0 spiro atoms. The molecule has 0 rings (SSSR count). The summed E-state index contributed by atoms with van der Waals surface area (Å²) in [6.45, 7) is 10.2. The molecule has 0 radical (unpaired) electrons. The Morgan fingerprint density at radius 2 is 1.69 bits per heavy atom. The molecule has 0 amide bonds. The quantitative estimate of drug-likeness (QED) is 0.656. The van der Waals surface area contributed by atoms with Gasteiger partial charge in [0.05, 0.1) is 6.61 Å². The first-order chi connectivity index (χ1) is 7.22. The van der Waals surface area contributed by atoms with E-state index in [9.17, 15) is 9.59 Å². The van der Waals surface area contributed by atoms with Gasteiger partial charge in [-0.15, -0.1) is 0 Å². The van der Waals surface area contributed by atoms with Crippen molar-refractivity contribution in [3.63, 3.8) is 0 Å². The third-order valence-electron chi connectivity index (χ3n) is 2.11. The van der Waals surface area contributed by atoms with Crippen molar-refractivity contribution in [2.75, 3.05) is 6.61 Å². The average Bonchev–Trinajstić information content (AvgIpc) is 2.13. The number of rotatable bonds is 6. The Labute approximate surface area is 98.6 Å². The van der Waals surface area contributed by atoms with E-state index in [-0.39, 0.29) is 23.1 Å². The molecule has 0 fully saturated rings. The van der Waals surface area contributed by atoms with Crippen LogP contribution in [0.1, 0.15) is 53.9 Å². The molecule has 3 nitrogen and oxygen atoms in total. The molecule has 0 N–H and O–H groups in total. The molecule has 0 saturated carbocycles. The van der Waals surface area contributed by atoms with Gasteiger partial charge in [0.15, 0.2) is 0 Å². The Morgan fingerprint density at radius 1 is 1.12 bits per heavy atom. The highest BCUT2D eigenvalue weighted by Crippen LogP contribution is 2.13. The van der Waals surface area contributed by atoms with Crippen LogP contribution in [0.3, 0.4) is 0 Å². The monoisotopic (exact) mass is 228 g/mol. The molecule has 0 atom stereocenters. The van der Waals surface area contributed by atoms with Crippen molar-refractivity contribution in [1.82, 2.24) is 0 Å². The number of Topliss-reactive ketones (excluding diaryl/α,β-unsaturated/α-hetero) is 1. The predicted octanol–water partition coefficient (Wildman–Crippen LogP) is 2.97. The standard InChI is InChI=1S/C13H24O3/c1-10(2)11(14)7-6-8-12(15)16-9-13(3,4)5/h10H,6-9H2,1-5H3. The molecular weight excluding hydrogens is 204 g/mol. The molecular formula is C13H24O3. The molecule has 0 aromatic rings. The summed E-state index contributed by atoms with van der Waals surface area (Å²) in [6.07, 6.45) is 1.41. The van der Waals surface area contributed by atoms with Crippen LogP contribution in [-0.2, 0) is 14.3 Å². The third-order valence-corrected chi connectivity index (χ3v) is 2.11. The van der Waals surface area contributed by atoms with Gasteiger partial charge in [-0.25, -0.2) is 0 Å². The third kappa shape index (κ3) is 8.45. The summed E-state index contributed by atoms with van der Waals surface area (Å²) >= 11 is 0. The van der Waals surface area contributed by atoms with Crippen molar-refractivity contribution in [2.45, 2.75) is 53.9 Å². The smallest absolute Gasteiger partial charge is 0.305 e. The highest BCUT2D eigenvalue weighted by atomic mass is 16.5. The second kappa shape index (κ2) is 6.66. The fraction of sp³-hybridized carbons (Fsp3) is 0.846. The highest BCUT2D eigenvalue weighted by molar-refractivity contribution is 5.80. The largest absolute Gasteiger partial charge is 0.465 e. The molecule has 0 aromatic carbocycles. The summed E-state index contributed by atoms with van der Waals surface area (Å²) in [6, 6.07) is 0. The predicted molar refractivity (Wildman–Crippen MR) is 64.1 cm³/mol. The van der Waals surface area contributed by atoms with Gasteiger partial charge in [0.1, 0.15) is 5.78 Å². The van der Waals surface area contributed by atoms with Gasteiger partial charge in [0.2, 0.25) is 0 Å². The molecule has 94 valence electrons. The van der Waals surface area contributed by atoms with Crippen LogP contribution >= 0.6 is 0 Å². The van der Waals surface area contributed by atoms with E-state index in [0.717, 1.165) is 0 Å². The first-order valence-electron chi connectivity index (χ1n) is 5.91. The minimum Gasteiger partial charge on any atom is -0.465 e. The normalized spacial score (nSPS) is 11.6. The first-order valence-corrected chi connectivity index (χ1v) is 5.91. The Morgan fingerprint density at radius 3 is 2.12 bits per heavy atom. The van der Waals surface area contributed by atoms with Gasteiger partial charge < -0.3 is 4.74 Å². The summed E-state index contributed by atoms with van der Waals surface area (Å²) < 4.78 is 5.10. The first kappa shape index (κ1) is 15.1. The van der Waals surface area contributed by atoms with Gasteiger partial charge in [-0.2, -0.15) is 0 Å². The fourth-order valence-electron chi connectivity index (χ4n) is 1.06. The average molecular weight is 228 g/mol. The van der Waals surface area contributed by atoms with Gasteiger partial charge in [0.25, 0.3) is 0 Å². The van der Waals surface area contributed by atoms with Gasteiger partial charge in [0, 0.05) is 18.8 Å². The maximum Gasteiger partial charge on any atom is 0.305 e. The summed E-state index contributed by atoms with van der Waals surface area (Å²) in [4.78, 5) is 22.6. The van der Waals surface area contributed by atoms with Crippen LogP contribution < -0.4 is 0 Å². The van der Waals surface area contributed by atoms with Crippen molar-refractivity contribution in [1.29, 1.82) is 0 Å². The second-order valence-corrected chi connectivity index (χ2v) is 5.70. The van der Waals surface area contributed by atoms with Crippen LogP contribution in [0.2, 0.25) is 0 Å². The van der Waals surface area contributed by atoms with E-state index in [1.807, 2.05) is 34.6 Å². The zero-order chi connectivity index (χ0) is 12.8. The van der Waals surface area contributed by atoms with Crippen LogP contribution in [0, 0.1) is 11.3 Å². The van der Waals surface area contributed by atoms with E-state index in [0.29, 0.717) is 25.9 Å². The van der Waals surface area contributed by atoms with Crippen molar-refractivity contribution in [3.8, 4) is 0 Å². The maximum absolute atomic E-state index is 11.3. The van der Waals surface area contributed by atoms with Crippen LogP contribution in [0.25, 0.3) is 0 Å². The van der Waals surface area contributed by atoms with E-state index in [4.69, 9.17) is 4.74 Å². The van der Waals surface area contributed by atoms with E-state index >= 15 is 0 Å². The molecule has 0 heterocycles. The van der Waals surface area contributed by atoms with Gasteiger partial charge >= 0.3 is 5.97 Å². The molecule has 0 bridgehead atoms. The summed E-state index contributed by atoms with van der Waals surface area (Å²) in [5, 5.41) is 0. The molecule has 0 aliphatic carbocycles. The minimum absolute atomic E-state index is 0.00338. The lowest BCUT2D eigenvalue weighted by atomic mass is 9.99. The Kier molecular flexibility index (Phi) is 6.31. The van der Waals surface area contributed by atoms with Gasteiger partial charge in [-0.3, -0.25) is 9.59 Å². The summed E-state index contributed by atoms with van der Waals surface area (Å²) in [5.41, 5.74) is 0.00338. The van der Waals surface area contributed by atoms with E-state index < -0.39 is 0 Å². The Bertz CT molecular complexity index is 236.